The van der Waals surface area contributed by atoms with Gasteiger partial charge in [-0.15, -0.1) is 0 Å². The number of nitrogens with one attached hydrogen (secondary N) is 1. The number of benzene rings is 1. The summed E-state index contributed by atoms with van der Waals surface area (Å²) in [5, 5.41) is 4.29. The highest BCUT2D eigenvalue weighted by molar-refractivity contribution is 6.39. The molecule has 1 N–H and O–H groups in total. The Morgan fingerprint density at radius 1 is 1.38 bits per heavy atom. The lowest BCUT2D eigenvalue weighted by atomic mass is 10.1. The van der Waals surface area contributed by atoms with Crippen LogP contribution in [0.5, 0.6) is 0 Å². The molecule has 0 spiro atoms. The van der Waals surface area contributed by atoms with Crippen molar-refractivity contribution in [1.82, 2.24) is 10.2 Å². The third-order valence-corrected chi connectivity index (χ3v) is 4.48. The van der Waals surface area contributed by atoms with Crippen LogP contribution in [0.4, 0.5) is 0 Å². The molecule has 1 unspecified atom stereocenters. The van der Waals surface area contributed by atoms with Gasteiger partial charge in [0.25, 0.3) is 5.91 Å². The molecule has 1 aliphatic rings. The number of nitrogens with zero attached hydrogens (tertiary/aromatic N) is 1. The minimum Gasteiger partial charge on any atom is -0.337 e. The van der Waals surface area contributed by atoms with Gasteiger partial charge in [-0.05, 0) is 37.9 Å². The summed E-state index contributed by atoms with van der Waals surface area (Å²) >= 11 is 12.3. The highest BCUT2D eigenvalue weighted by Crippen LogP contribution is 2.26. The number of rotatable bonds is 6. The Kier molecular flexibility index (Phi) is 6.34. The predicted octanol–water partition coefficient (Wildman–Crippen LogP) is 3.99. The zero-order valence-electron chi connectivity index (χ0n) is 12.4. The van der Waals surface area contributed by atoms with E-state index in [1.807, 2.05) is 4.90 Å². The smallest absolute Gasteiger partial charge is 0.256 e. The van der Waals surface area contributed by atoms with Gasteiger partial charge in [-0.1, -0.05) is 42.6 Å². The van der Waals surface area contributed by atoms with Crippen molar-refractivity contribution in [3.05, 3.63) is 33.8 Å². The first-order valence-corrected chi connectivity index (χ1v) is 8.35. The van der Waals surface area contributed by atoms with Crippen LogP contribution in [0.1, 0.15) is 43.0 Å². The van der Waals surface area contributed by atoms with E-state index >= 15 is 0 Å². The molecule has 5 heteroatoms. The zero-order valence-corrected chi connectivity index (χ0v) is 13.9. The van der Waals surface area contributed by atoms with Crippen molar-refractivity contribution in [3.63, 3.8) is 0 Å². The number of carbonyl (C=O) groups excluding carboxylic acids is 1. The van der Waals surface area contributed by atoms with Gasteiger partial charge >= 0.3 is 0 Å². The Bertz CT molecular complexity index is 467. The summed E-state index contributed by atoms with van der Waals surface area (Å²) in [5.41, 5.74) is 0.426. The van der Waals surface area contributed by atoms with Crippen LogP contribution in [-0.4, -0.2) is 36.5 Å². The Hall–Kier alpha value is -0.770. The lowest BCUT2D eigenvalue weighted by molar-refractivity contribution is 0.0740. The van der Waals surface area contributed by atoms with Crippen LogP contribution in [-0.2, 0) is 0 Å². The van der Waals surface area contributed by atoms with E-state index in [4.69, 9.17) is 23.2 Å². The molecule has 1 saturated heterocycles. The summed E-state index contributed by atoms with van der Waals surface area (Å²) in [7, 11) is 0. The fourth-order valence-electron chi connectivity index (χ4n) is 2.66. The molecular formula is C16H22Cl2N2O. The summed E-state index contributed by atoms with van der Waals surface area (Å²) in [6.45, 7) is 4.63. The molecule has 2 rings (SSSR count). The number of amides is 1. The Balaban J connectivity index is 2.16. The predicted molar refractivity (Wildman–Crippen MR) is 88.3 cm³/mol. The standard InChI is InChI=1S/C16H22Cl2N2O/c1-2-3-10-20(11-12-6-5-9-19-12)16(21)15-13(17)7-4-8-14(15)18/h4,7-8,12,19H,2-3,5-6,9-11H2,1H3. The Morgan fingerprint density at radius 2 is 2.10 bits per heavy atom. The van der Waals surface area contributed by atoms with Crippen LogP contribution in [0.25, 0.3) is 0 Å². The molecule has 0 bridgehead atoms. The highest BCUT2D eigenvalue weighted by atomic mass is 35.5. The number of unbranched alkanes of at least 4 members (excludes halogenated alkanes) is 1. The largest absolute Gasteiger partial charge is 0.337 e. The van der Waals surface area contributed by atoms with Crippen molar-refractivity contribution in [2.45, 2.75) is 38.6 Å². The van der Waals surface area contributed by atoms with E-state index in [-0.39, 0.29) is 5.91 Å². The lowest BCUT2D eigenvalue weighted by Gasteiger charge is -2.26. The summed E-state index contributed by atoms with van der Waals surface area (Å²) in [4.78, 5) is 14.7. The number of hydrogen-bond donors (Lipinski definition) is 1. The third-order valence-electron chi connectivity index (χ3n) is 3.85. The van der Waals surface area contributed by atoms with Gasteiger partial charge < -0.3 is 10.2 Å². The molecule has 1 aliphatic heterocycles. The quantitative estimate of drug-likeness (QED) is 0.856. The van der Waals surface area contributed by atoms with Crippen molar-refractivity contribution in [1.29, 1.82) is 0 Å². The van der Waals surface area contributed by atoms with Gasteiger partial charge in [-0.25, -0.2) is 0 Å². The SMILES string of the molecule is CCCCN(CC1CCCN1)C(=O)c1c(Cl)cccc1Cl. The van der Waals surface area contributed by atoms with Gasteiger partial charge in [0.1, 0.15) is 0 Å². The first-order chi connectivity index (χ1) is 10.1. The summed E-state index contributed by atoms with van der Waals surface area (Å²) in [6.07, 6.45) is 4.33. The second-order valence-corrected chi connectivity index (χ2v) is 6.31. The van der Waals surface area contributed by atoms with Crippen LogP contribution >= 0.6 is 23.2 Å². The Labute approximate surface area is 136 Å². The fourth-order valence-corrected chi connectivity index (χ4v) is 3.22. The van der Waals surface area contributed by atoms with Crippen molar-refractivity contribution in [2.24, 2.45) is 0 Å². The second-order valence-electron chi connectivity index (χ2n) is 5.49. The van der Waals surface area contributed by atoms with E-state index in [0.29, 0.717) is 21.7 Å². The topological polar surface area (TPSA) is 32.3 Å². The fraction of sp³-hybridized carbons (Fsp3) is 0.562. The second kappa shape index (κ2) is 8.02. The van der Waals surface area contributed by atoms with Crippen molar-refractivity contribution < 1.29 is 4.79 Å². The van der Waals surface area contributed by atoms with E-state index in [1.54, 1.807) is 18.2 Å². The molecule has 116 valence electrons. The van der Waals surface area contributed by atoms with Gasteiger partial charge in [-0.3, -0.25) is 4.79 Å². The average Bonchev–Trinajstić information content (AvgIpc) is 2.96. The molecule has 0 radical (unpaired) electrons. The molecule has 1 heterocycles. The van der Waals surface area contributed by atoms with E-state index in [1.165, 1.54) is 6.42 Å². The maximum atomic E-state index is 12.8. The number of carbonyl (C=O) groups is 1. The van der Waals surface area contributed by atoms with Crippen LogP contribution in [0.2, 0.25) is 10.0 Å². The van der Waals surface area contributed by atoms with E-state index in [0.717, 1.165) is 38.9 Å². The van der Waals surface area contributed by atoms with Crippen LogP contribution in [0.3, 0.4) is 0 Å². The normalized spacial score (nSPS) is 18.0. The molecule has 1 amide bonds. The van der Waals surface area contributed by atoms with Crippen molar-refractivity contribution in [2.75, 3.05) is 19.6 Å². The molecule has 1 aromatic carbocycles. The minimum atomic E-state index is -0.0623. The van der Waals surface area contributed by atoms with Gasteiger partial charge in [-0.2, -0.15) is 0 Å². The zero-order chi connectivity index (χ0) is 15.2. The maximum absolute atomic E-state index is 12.8. The molecular weight excluding hydrogens is 307 g/mol. The van der Waals surface area contributed by atoms with Crippen LogP contribution < -0.4 is 5.32 Å². The molecule has 0 aromatic heterocycles. The summed E-state index contributed by atoms with van der Waals surface area (Å²) < 4.78 is 0. The molecule has 3 nitrogen and oxygen atoms in total. The first kappa shape index (κ1) is 16.6. The molecule has 1 fully saturated rings. The van der Waals surface area contributed by atoms with Gasteiger partial charge in [0, 0.05) is 19.1 Å². The molecule has 0 aliphatic carbocycles. The number of hydrogen-bond acceptors (Lipinski definition) is 2. The van der Waals surface area contributed by atoms with Gasteiger partial charge in [0.2, 0.25) is 0 Å². The molecule has 1 atom stereocenters. The minimum absolute atomic E-state index is 0.0623. The number of halogens is 2. The molecule has 21 heavy (non-hydrogen) atoms. The van der Waals surface area contributed by atoms with Crippen LogP contribution in [0.15, 0.2) is 18.2 Å². The van der Waals surface area contributed by atoms with Crippen LogP contribution in [0, 0.1) is 0 Å². The summed E-state index contributed by atoms with van der Waals surface area (Å²) in [6, 6.07) is 5.57. The highest BCUT2D eigenvalue weighted by Gasteiger charge is 2.24. The monoisotopic (exact) mass is 328 g/mol. The van der Waals surface area contributed by atoms with Crippen molar-refractivity contribution in [3.8, 4) is 0 Å². The first-order valence-electron chi connectivity index (χ1n) is 7.60. The maximum Gasteiger partial charge on any atom is 0.256 e. The van der Waals surface area contributed by atoms with E-state index < -0.39 is 0 Å². The lowest BCUT2D eigenvalue weighted by Crippen LogP contribution is -2.41. The van der Waals surface area contributed by atoms with Gasteiger partial charge in [0.15, 0.2) is 0 Å². The van der Waals surface area contributed by atoms with E-state index in [9.17, 15) is 4.79 Å². The molecule has 0 saturated carbocycles. The average molecular weight is 329 g/mol. The summed E-state index contributed by atoms with van der Waals surface area (Å²) in [5.74, 6) is -0.0623. The molecule has 1 aromatic rings. The van der Waals surface area contributed by atoms with E-state index in [2.05, 4.69) is 12.2 Å². The third kappa shape index (κ3) is 4.35. The Morgan fingerprint density at radius 3 is 2.67 bits per heavy atom. The van der Waals surface area contributed by atoms with Crippen molar-refractivity contribution >= 4 is 29.1 Å². The van der Waals surface area contributed by atoms with Gasteiger partial charge in [0.05, 0.1) is 15.6 Å².